The molecular weight excluding hydrogens is 438 g/mol. The quantitative estimate of drug-likeness (QED) is 0.652. The van der Waals surface area contributed by atoms with Gasteiger partial charge in [0.1, 0.15) is 0 Å². The van der Waals surface area contributed by atoms with E-state index in [-0.39, 0.29) is 16.6 Å². The summed E-state index contributed by atoms with van der Waals surface area (Å²) in [5, 5.41) is 2.70. The summed E-state index contributed by atoms with van der Waals surface area (Å²) < 4.78 is 54.8. The topological polar surface area (TPSA) is 113 Å². The minimum absolute atomic E-state index is 0.0253. The molecule has 2 N–H and O–H groups in total. The van der Waals surface area contributed by atoms with Gasteiger partial charge in [0.2, 0.25) is 15.9 Å². The number of rotatable bonds is 7. The van der Waals surface area contributed by atoms with Crippen molar-refractivity contribution in [1.82, 2.24) is 0 Å². The fraction of sp³-hybridized carbons (Fsp3) is 0.381. The maximum atomic E-state index is 13.0. The normalized spacial score (nSPS) is 14.1. The predicted octanol–water partition coefficient (Wildman–Crippen LogP) is 3.25. The Hall–Kier alpha value is -2.59. The van der Waals surface area contributed by atoms with Crippen LogP contribution in [0.3, 0.4) is 0 Å². The Kier molecular flexibility index (Phi) is 6.61. The van der Waals surface area contributed by atoms with Crippen LogP contribution >= 0.6 is 0 Å². The van der Waals surface area contributed by atoms with Crippen LogP contribution in [0, 0.1) is 6.92 Å². The molecule has 1 amide bonds. The van der Waals surface area contributed by atoms with Crippen molar-refractivity contribution in [3.63, 3.8) is 0 Å². The van der Waals surface area contributed by atoms with Crippen LogP contribution in [0.1, 0.15) is 37.8 Å². The minimum Gasteiger partial charge on any atom is -0.326 e. The molecule has 1 aliphatic heterocycles. The molecule has 2 aromatic carbocycles. The molecule has 2 aromatic rings. The van der Waals surface area contributed by atoms with Crippen LogP contribution in [0.2, 0.25) is 0 Å². The molecule has 0 fully saturated rings. The van der Waals surface area contributed by atoms with Gasteiger partial charge in [-0.3, -0.25) is 13.8 Å². The second kappa shape index (κ2) is 8.88. The molecule has 0 saturated heterocycles. The molecule has 168 valence electrons. The molecule has 31 heavy (non-hydrogen) atoms. The van der Waals surface area contributed by atoms with Gasteiger partial charge in [0.25, 0.3) is 10.0 Å². The van der Waals surface area contributed by atoms with E-state index in [2.05, 4.69) is 10.0 Å². The van der Waals surface area contributed by atoms with Crippen molar-refractivity contribution in [3.8, 4) is 0 Å². The van der Waals surface area contributed by atoms with Gasteiger partial charge in [-0.25, -0.2) is 16.8 Å². The van der Waals surface area contributed by atoms with E-state index >= 15 is 0 Å². The van der Waals surface area contributed by atoms with Crippen LogP contribution in [0.15, 0.2) is 41.3 Å². The molecule has 1 heterocycles. The third-order valence-electron chi connectivity index (χ3n) is 5.18. The number of carbonyl (C=O) groups is 1. The van der Waals surface area contributed by atoms with Crippen molar-refractivity contribution in [3.05, 3.63) is 47.5 Å². The molecule has 0 spiro atoms. The molecule has 0 unspecified atom stereocenters. The maximum absolute atomic E-state index is 13.0. The number of hydrogen-bond donors (Lipinski definition) is 2. The number of hydrogen-bond acceptors (Lipinski definition) is 5. The predicted molar refractivity (Wildman–Crippen MR) is 122 cm³/mol. The van der Waals surface area contributed by atoms with Crippen LogP contribution < -0.4 is 14.3 Å². The van der Waals surface area contributed by atoms with Crippen molar-refractivity contribution in [1.29, 1.82) is 0 Å². The second-order valence-corrected chi connectivity index (χ2v) is 11.2. The smallest absolute Gasteiger partial charge is 0.262 e. The van der Waals surface area contributed by atoms with Gasteiger partial charge in [0.05, 0.1) is 22.0 Å². The lowest BCUT2D eigenvalue weighted by Gasteiger charge is -2.30. The van der Waals surface area contributed by atoms with Gasteiger partial charge >= 0.3 is 0 Å². The summed E-state index contributed by atoms with van der Waals surface area (Å²) in [5.74, 6) is -0.184. The lowest BCUT2D eigenvalue weighted by Crippen LogP contribution is -2.36. The van der Waals surface area contributed by atoms with Gasteiger partial charge in [-0.15, -0.1) is 0 Å². The zero-order valence-electron chi connectivity index (χ0n) is 17.8. The first kappa shape index (κ1) is 23.1. The van der Waals surface area contributed by atoms with Gasteiger partial charge in [-0.1, -0.05) is 13.0 Å². The van der Waals surface area contributed by atoms with Crippen molar-refractivity contribution >= 4 is 43.0 Å². The Bertz CT molecular complexity index is 1210. The zero-order valence-corrected chi connectivity index (χ0v) is 19.4. The number of amides is 1. The fourth-order valence-corrected chi connectivity index (χ4v) is 6.00. The molecule has 1 aliphatic rings. The van der Waals surface area contributed by atoms with Crippen LogP contribution in [-0.4, -0.2) is 35.0 Å². The van der Waals surface area contributed by atoms with Gasteiger partial charge in [-0.2, -0.15) is 0 Å². The Morgan fingerprint density at radius 2 is 1.74 bits per heavy atom. The Balaban J connectivity index is 1.90. The highest BCUT2D eigenvalue weighted by Crippen LogP contribution is 2.33. The van der Waals surface area contributed by atoms with E-state index in [4.69, 9.17) is 0 Å². The number of aryl methyl sites for hydroxylation is 2. The van der Waals surface area contributed by atoms with E-state index in [1.54, 1.807) is 45.0 Å². The van der Waals surface area contributed by atoms with Gasteiger partial charge in [-0.05, 0) is 68.1 Å². The number of anilines is 3. The van der Waals surface area contributed by atoms with E-state index in [9.17, 15) is 21.6 Å². The number of carbonyl (C=O) groups excluding carboxylic acids is 1. The van der Waals surface area contributed by atoms with Crippen molar-refractivity contribution in [2.45, 2.75) is 44.9 Å². The molecule has 0 bridgehead atoms. The molecule has 0 radical (unpaired) electrons. The van der Waals surface area contributed by atoms with E-state index in [0.29, 0.717) is 35.6 Å². The standard InChI is InChI=1S/C21H27N3O5S2/c1-4-21(25)22-17-10-11-20(15(3)13-17)31(28,29)23-18-9-8-16-7-6-12-24(19(16)14-18)30(26,27)5-2/h8-11,13-14,23H,4-7,12H2,1-3H3,(H,22,25). The van der Waals surface area contributed by atoms with Crippen molar-refractivity contribution < 1.29 is 21.6 Å². The molecule has 3 rings (SSSR count). The number of sulfonamides is 2. The molecule has 0 atom stereocenters. The highest BCUT2D eigenvalue weighted by molar-refractivity contribution is 7.93. The van der Waals surface area contributed by atoms with Gasteiger partial charge < -0.3 is 5.32 Å². The molecule has 0 aliphatic carbocycles. The molecule has 0 saturated carbocycles. The van der Waals surface area contributed by atoms with Crippen molar-refractivity contribution in [2.24, 2.45) is 0 Å². The van der Waals surface area contributed by atoms with Crippen molar-refractivity contribution in [2.75, 3.05) is 26.6 Å². The minimum atomic E-state index is -3.91. The van der Waals surface area contributed by atoms with Gasteiger partial charge in [0, 0.05) is 18.7 Å². The highest BCUT2D eigenvalue weighted by atomic mass is 32.2. The van der Waals surface area contributed by atoms with Crippen LogP contribution in [0.4, 0.5) is 17.1 Å². The Morgan fingerprint density at radius 1 is 1.03 bits per heavy atom. The van der Waals surface area contributed by atoms with Crippen LogP contribution in [-0.2, 0) is 31.3 Å². The summed E-state index contributed by atoms with van der Waals surface area (Å²) in [6, 6.07) is 9.56. The van der Waals surface area contributed by atoms with Crippen LogP contribution in [0.25, 0.3) is 0 Å². The van der Waals surface area contributed by atoms with Crippen LogP contribution in [0.5, 0.6) is 0 Å². The third kappa shape index (κ3) is 5.01. The average Bonchev–Trinajstić information content (AvgIpc) is 2.72. The zero-order chi connectivity index (χ0) is 22.8. The summed E-state index contributed by atoms with van der Waals surface area (Å²) in [7, 11) is -7.36. The molecule has 10 heteroatoms. The summed E-state index contributed by atoms with van der Waals surface area (Å²) in [4.78, 5) is 11.6. The largest absolute Gasteiger partial charge is 0.326 e. The van der Waals surface area contributed by atoms with E-state index in [1.165, 1.54) is 16.4 Å². The van der Waals surface area contributed by atoms with Gasteiger partial charge in [0.15, 0.2) is 0 Å². The monoisotopic (exact) mass is 465 g/mol. The number of fused-ring (bicyclic) bond motifs is 1. The average molecular weight is 466 g/mol. The van der Waals surface area contributed by atoms with E-state index < -0.39 is 20.0 Å². The number of benzene rings is 2. The number of nitrogens with zero attached hydrogens (tertiary/aromatic N) is 1. The highest BCUT2D eigenvalue weighted by Gasteiger charge is 2.27. The summed E-state index contributed by atoms with van der Waals surface area (Å²) in [6.07, 6.45) is 1.78. The summed E-state index contributed by atoms with van der Waals surface area (Å²) >= 11 is 0. The second-order valence-electron chi connectivity index (χ2n) is 7.41. The Labute approximate surface area is 183 Å². The SMILES string of the molecule is CCC(=O)Nc1ccc(S(=O)(=O)Nc2ccc3c(c2)N(S(=O)(=O)CC)CCC3)c(C)c1. The molecular formula is C21H27N3O5S2. The van der Waals surface area contributed by atoms with E-state index in [1.807, 2.05) is 0 Å². The third-order valence-corrected chi connectivity index (χ3v) is 8.51. The summed E-state index contributed by atoms with van der Waals surface area (Å²) in [5.41, 5.74) is 2.69. The Morgan fingerprint density at radius 3 is 2.39 bits per heavy atom. The molecule has 8 nitrogen and oxygen atoms in total. The molecule has 0 aromatic heterocycles. The van der Waals surface area contributed by atoms with E-state index in [0.717, 1.165) is 18.4 Å². The lowest BCUT2D eigenvalue weighted by molar-refractivity contribution is -0.115. The number of nitrogens with one attached hydrogen (secondary N) is 2. The maximum Gasteiger partial charge on any atom is 0.262 e. The lowest BCUT2D eigenvalue weighted by atomic mass is 10.0. The first-order valence-electron chi connectivity index (χ1n) is 10.1. The first-order valence-corrected chi connectivity index (χ1v) is 13.2. The first-order chi connectivity index (χ1) is 14.6. The summed E-state index contributed by atoms with van der Waals surface area (Å²) in [6.45, 7) is 5.35. The fourth-order valence-electron chi connectivity index (χ4n) is 3.54.